The second-order valence-corrected chi connectivity index (χ2v) is 4.50. The normalized spacial score (nSPS) is 10.4. The van der Waals surface area contributed by atoms with Gasteiger partial charge in [-0.3, -0.25) is 0 Å². The minimum absolute atomic E-state index is 0.0654. The van der Waals surface area contributed by atoms with Crippen LogP contribution in [-0.4, -0.2) is 16.8 Å². The lowest BCUT2D eigenvalue weighted by molar-refractivity contribution is 0.340. The minimum atomic E-state index is 0.0654. The van der Waals surface area contributed by atoms with E-state index in [1.54, 1.807) is 12.1 Å². The van der Waals surface area contributed by atoms with Gasteiger partial charge in [-0.05, 0) is 30.7 Å². The van der Waals surface area contributed by atoms with Crippen LogP contribution in [0.2, 0.25) is 0 Å². The largest absolute Gasteiger partial charge is 0.508 e. The maximum Gasteiger partial charge on any atom is 0.123 e. The Balaban J connectivity index is 1.90. The molecule has 0 saturated heterocycles. The summed E-state index contributed by atoms with van der Waals surface area (Å²) in [6.07, 6.45) is 0. The molecule has 0 aliphatic carbocycles. The molecule has 2 rings (SSSR count). The van der Waals surface area contributed by atoms with Gasteiger partial charge in [0.2, 0.25) is 0 Å². The fourth-order valence-corrected chi connectivity index (χ4v) is 1.96. The lowest BCUT2D eigenvalue weighted by Gasteiger charge is -2.09. The Kier molecular flexibility index (Phi) is 4.85. The van der Waals surface area contributed by atoms with Crippen molar-refractivity contribution in [2.24, 2.45) is 0 Å². The third kappa shape index (κ3) is 3.90. The summed E-state index contributed by atoms with van der Waals surface area (Å²) in [7, 11) is 0. The lowest BCUT2D eigenvalue weighted by Crippen LogP contribution is -2.12. The summed E-state index contributed by atoms with van der Waals surface area (Å²) in [6, 6.07) is 12.5. The monoisotopic (exact) mass is 273 g/mol. The summed E-state index contributed by atoms with van der Waals surface area (Å²) in [6.45, 7) is 3.82. The van der Waals surface area contributed by atoms with Crippen molar-refractivity contribution in [2.75, 3.05) is 6.61 Å². The molecule has 0 saturated carbocycles. The van der Waals surface area contributed by atoms with Crippen molar-refractivity contribution in [1.29, 1.82) is 0 Å². The first-order valence-electron chi connectivity index (χ1n) is 6.62. The molecule has 106 valence electrons. The van der Waals surface area contributed by atoms with Gasteiger partial charge in [0.15, 0.2) is 0 Å². The first kappa shape index (κ1) is 14.2. The standard InChI is InChI=1S/C16H19NO3/c1-2-20-15-5-3-4-12(8-15)10-17-11-13-6-7-14(18)9-16(13)19/h3-9,17-19H,2,10-11H2,1H3. The van der Waals surface area contributed by atoms with Gasteiger partial charge < -0.3 is 20.3 Å². The molecular formula is C16H19NO3. The second kappa shape index (κ2) is 6.82. The van der Waals surface area contributed by atoms with Gasteiger partial charge in [0.25, 0.3) is 0 Å². The fourth-order valence-electron chi connectivity index (χ4n) is 1.96. The highest BCUT2D eigenvalue weighted by Crippen LogP contribution is 2.22. The van der Waals surface area contributed by atoms with Crippen LogP contribution in [0.4, 0.5) is 0 Å². The Labute approximate surface area is 118 Å². The van der Waals surface area contributed by atoms with E-state index in [9.17, 15) is 10.2 Å². The van der Waals surface area contributed by atoms with Crippen molar-refractivity contribution < 1.29 is 14.9 Å². The molecule has 0 fully saturated rings. The van der Waals surface area contributed by atoms with Gasteiger partial charge in [0, 0.05) is 24.7 Å². The number of hydrogen-bond acceptors (Lipinski definition) is 4. The number of ether oxygens (including phenoxy) is 1. The van der Waals surface area contributed by atoms with Crippen molar-refractivity contribution in [1.82, 2.24) is 5.32 Å². The van der Waals surface area contributed by atoms with Crippen molar-refractivity contribution in [3.63, 3.8) is 0 Å². The molecule has 2 aromatic rings. The molecule has 0 radical (unpaired) electrons. The fraction of sp³-hybridized carbons (Fsp3) is 0.250. The summed E-state index contributed by atoms with van der Waals surface area (Å²) < 4.78 is 5.45. The molecule has 0 bridgehead atoms. The molecule has 0 aliphatic heterocycles. The van der Waals surface area contributed by atoms with E-state index < -0.39 is 0 Å². The zero-order valence-corrected chi connectivity index (χ0v) is 11.5. The van der Waals surface area contributed by atoms with Gasteiger partial charge in [0.05, 0.1) is 6.61 Å². The summed E-state index contributed by atoms with van der Waals surface area (Å²) in [5, 5.41) is 22.2. The molecule has 4 nitrogen and oxygen atoms in total. The highest BCUT2D eigenvalue weighted by molar-refractivity contribution is 5.38. The third-order valence-electron chi connectivity index (χ3n) is 2.92. The molecule has 4 heteroatoms. The number of rotatable bonds is 6. The van der Waals surface area contributed by atoms with Crippen LogP contribution in [0.3, 0.4) is 0 Å². The quantitative estimate of drug-likeness (QED) is 0.757. The Hall–Kier alpha value is -2.20. The Bertz CT molecular complexity index is 569. The first-order valence-corrected chi connectivity index (χ1v) is 6.62. The average molecular weight is 273 g/mol. The summed E-state index contributed by atoms with van der Waals surface area (Å²) in [5.41, 5.74) is 1.87. The van der Waals surface area contributed by atoms with Crippen molar-refractivity contribution in [2.45, 2.75) is 20.0 Å². The lowest BCUT2D eigenvalue weighted by atomic mass is 10.1. The van der Waals surface area contributed by atoms with Crippen LogP contribution in [-0.2, 0) is 13.1 Å². The molecule has 0 heterocycles. The summed E-state index contributed by atoms with van der Waals surface area (Å²) in [5.74, 6) is 1.02. The molecule has 0 amide bonds. The van der Waals surface area contributed by atoms with E-state index >= 15 is 0 Å². The Morgan fingerprint density at radius 2 is 1.90 bits per heavy atom. The summed E-state index contributed by atoms with van der Waals surface area (Å²) in [4.78, 5) is 0. The zero-order chi connectivity index (χ0) is 14.4. The highest BCUT2D eigenvalue weighted by Gasteiger charge is 2.02. The third-order valence-corrected chi connectivity index (χ3v) is 2.92. The van der Waals surface area contributed by atoms with E-state index in [1.807, 2.05) is 31.2 Å². The highest BCUT2D eigenvalue weighted by atomic mass is 16.5. The van der Waals surface area contributed by atoms with Gasteiger partial charge in [0.1, 0.15) is 17.2 Å². The van der Waals surface area contributed by atoms with Gasteiger partial charge in [-0.2, -0.15) is 0 Å². The molecule has 0 aromatic heterocycles. The Morgan fingerprint density at radius 3 is 2.65 bits per heavy atom. The number of phenolic OH excluding ortho intramolecular Hbond substituents is 2. The van der Waals surface area contributed by atoms with Crippen molar-refractivity contribution in [3.8, 4) is 17.2 Å². The Morgan fingerprint density at radius 1 is 1.05 bits per heavy atom. The first-order chi connectivity index (χ1) is 9.69. The molecule has 3 N–H and O–H groups in total. The van der Waals surface area contributed by atoms with E-state index in [-0.39, 0.29) is 11.5 Å². The van der Waals surface area contributed by atoms with Crippen LogP contribution in [0.25, 0.3) is 0 Å². The van der Waals surface area contributed by atoms with Crippen LogP contribution in [0.5, 0.6) is 17.2 Å². The predicted octanol–water partition coefficient (Wildman–Crippen LogP) is 2.79. The van der Waals surface area contributed by atoms with E-state index in [1.165, 1.54) is 6.07 Å². The van der Waals surface area contributed by atoms with Gasteiger partial charge >= 0.3 is 0 Å². The van der Waals surface area contributed by atoms with Crippen molar-refractivity contribution >= 4 is 0 Å². The molecule has 0 unspecified atom stereocenters. The molecule has 0 aliphatic rings. The molecule has 20 heavy (non-hydrogen) atoms. The van der Waals surface area contributed by atoms with Gasteiger partial charge in [-0.1, -0.05) is 18.2 Å². The van der Waals surface area contributed by atoms with Crippen LogP contribution in [0, 0.1) is 0 Å². The smallest absolute Gasteiger partial charge is 0.123 e. The van der Waals surface area contributed by atoms with Crippen LogP contribution >= 0.6 is 0 Å². The predicted molar refractivity (Wildman–Crippen MR) is 77.9 cm³/mol. The molecule has 0 atom stereocenters. The summed E-state index contributed by atoms with van der Waals surface area (Å²) >= 11 is 0. The van der Waals surface area contributed by atoms with Gasteiger partial charge in [-0.25, -0.2) is 0 Å². The maximum absolute atomic E-state index is 9.68. The van der Waals surface area contributed by atoms with Crippen LogP contribution < -0.4 is 10.1 Å². The van der Waals surface area contributed by atoms with Crippen LogP contribution in [0.15, 0.2) is 42.5 Å². The number of phenols is 2. The van der Waals surface area contributed by atoms with E-state index in [4.69, 9.17) is 4.74 Å². The van der Waals surface area contributed by atoms with E-state index in [0.717, 1.165) is 16.9 Å². The molecule has 0 spiro atoms. The number of nitrogens with one attached hydrogen (secondary N) is 1. The number of hydrogen-bond donors (Lipinski definition) is 3. The molecular weight excluding hydrogens is 254 g/mol. The number of aromatic hydroxyl groups is 2. The van der Waals surface area contributed by atoms with E-state index in [0.29, 0.717) is 19.7 Å². The minimum Gasteiger partial charge on any atom is -0.508 e. The van der Waals surface area contributed by atoms with Crippen LogP contribution in [0.1, 0.15) is 18.1 Å². The maximum atomic E-state index is 9.68. The van der Waals surface area contributed by atoms with E-state index in [2.05, 4.69) is 5.32 Å². The SMILES string of the molecule is CCOc1cccc(CNCc2ccc(O)cc2O)c1. The van der Waals surface area contributed by atoms with Crippen molar-refractivity contribution in [3.05, 3.63) is 53.6 Å². The second-order valence-electron chi connectivity index (χ2n) is 4.50. The topological polar surface area (TPSA) is 61.7 Å². The molecule has 2 aromatic carbocycles. The zero-order valence-electron chi connectivity index (χ0n) is 11.5. The van der Waals surface area contributed by atoms with Gasteiger partial charge in [-0.15, -0.1) is 0 Å². The average Bonchev–Trinajstić information content (AvgIpc) is 2.42. The number of benzene rings is 2.